The van der Waals surface area contributed by atoms with Gasteiger partial charge in [-0.1, -0.05) is 44.2 Å². The lowest BCUT2D eigenvalue weighted by atomic mass is 10.0. The van der Waals surface area contributed by atoms with Crippen LogP contribution in [0.2, 0.25) is 0 Å². The van der Waals surface area contributed by atoms with Gasteiger partial charge in [0.05, 0.1) is 26.9 Å². The van der Waals surface area contributed by atoms with Crippen molar-refractivity contribution in [1.82, 2.24) is 14.7 Å². The van der Waals surface area contributed by atoms with Crippen LogP contribution in [0.1, 0.15) is 35.8 Å². The fraction of sp³-hybridized carbons (Fsp3) is 0.417. The molecule has 1 aromatic heterocycles. The van der Waals surface area contributed by atoms with Crippen LogP contribution in [-0.4, -0.2) is 60.5 Å². The van der Waals surface area contributed by atoms with Gasteiger partial charge < -0.3 is 14.8 Å². The first-order valence-corrected chi connectivity index (χ1v) is 10.8. The van der Waals surface area contributed by atoms with Crippen LogP contribution in [0.25, 0.3) is 10.9 Å². The lowest BCUT2D eigenvalue weighted by Gasteiger charge is -2.26. The van der Waals surface area contributed by atoms with Gasteiger partial charge in [0.15, 0.2) is 5.69 Å². The average molecular weight is 423 g/mol. The van der Waals surface area contributed by atoms with Crippen molar-refractivity contribution < 1.29 is 14.3 Å². The number of ether oxygens (including phenoxy) is 2. The number of morpholine rings is 1. The number of methoxy groups -OCH3 is 1. The van der Waals surface area contributed by atoms with Crippen molar-refractivity contribution in [3.8, 4) is 5.75 Å². The summed E-state index contributed by atoms with van der Waals surface area (Å²) in [6, 6.07) is 13.6. The molecule has 0 unspecified atom stereocenters. The first kappa shape index (κ1) is 21.3. The molecule has 1 saturated heterocycles. The molecule has 2 heterocycles. The highest BCUT2D eigenvalue weighted by atomic mass is 16.5. The van der Waals surface area contributed by atoms with Crippen LogP contribution in [-0.2, 0) is 11.3 Å². The largest absolute Gasteiger partial charge is 0.494 e. The Balaban J connectivity index is 1.65. The maximum absolute atomic E-state index is 13.3. The number of amides is 1. The minimum Gasteiger partial charge on any atom is -0.494 e. The van der Waals surface area contributed by atoms with E-state index in [4.69, 9.17) is 14.6 Å². The van der Waals surface area contributed by atoms with Crippen LogP contribution >= 0.6 is 0 Å². The number of aromatic nitrogens is 2. The van der Waals surface area contributed by atoms with Crippen LogP contribution < -0.4 is 10.1 Å². The fourth-order valence-electron chi connectivity index (χ4n) is 4.06. The Morgan fingerprint density at radius 2 is 1.90 bits per heavy atom. The Kier molecular flexibility index (Phi) is 6.53. The summed E-state index contributed by atoms with van der Waals surface area (Å²) < 4.78 is 12.9. The van der Waals surface area contributed by atoms with Gasteiger partial charge in [0, 0.05) is 30.7 Å². The van der Waals surface area contributed by atoms with E-state index >= 15 is 0 Å². The normalized spacial score (nSPS) is 14.8. The van der Waals surface area contributed by atoms with Crippen molar-refractivity contribution in [1.29, 1.82) is 0 Å². The third-order valence-electron chi connectivity index (χ3n) is 5.73. The number of rotatable bonds is 7. The second-order valence-electron chi connectivity index (χ2n) is 8.08. The number of para-hydroxylation sites is 2. The third-order valence-corrected chi connectivity index (χ3v) is 5.73. The first-order chi connectivity index (χ1) is 15.1. The molecule has 0 radical (unpaired) electrons. The van der Waals surface area contributed by atoms with Gasteiger partial charge in [-0.15, -0.1) is 0 Å². The second-order valence-corrected chi connectivity index (χ2v) is 8.08. The van der Waals surface area contributed by atoms with Crippen molar-refractivity contribution in [2.24, 2.45) is 0 Å². The Bertz CT molecular complexity index is 1050. The van der Waals surface area contributed by atoms with Gasteiger partial charge >= 0.3 is 0 Å². The molecule has 1 amide bonds. The van der Waals surface area contributed by atoms with Gasteiger partial charge in [-0.25, -0.2) is 0 Å². The Morgan fingerprint density at radius 3 is 2.65 bits per heavy atom. The number of fused-ring (bicyclic) bond motifs is 1. The van der Waals surface area contributed by atoms with E-state index in [-0.39, 0.29) is 5.91 Å². The summed E-state index contributed by atoms with van der Waals surface area (Å²) >= 11 is 0. The highest BCUT2D eigenvalue weighted by molar-refractivity contribution is 6.12. The second kappa shape index (κ2) is 9.49. The Morgan fingerprint density at radius 1 is 1.13 bits per heavy atom. The summed E-state index contributed by atoms with van der Waals surface area (Å²) in [5, 5.41) is 8.59. The molecule has 2 aromatic carbocycles. The van der Waals surface area contributed by atoms with E-state index in [0.29, 0.717) is 23.9 Å². The molecule has 164 valence electrons. The number of nitrogens with one attached hydrogen (secondary N) is 1. The van der Waals surface area contributed by atoms with Crippen molar-refractivity contribution in [3.05, 3.63) is 53.7 Å². The molecular formula is C24H30N4O3. The van der Waals surface area contributed by atoms with E-state index in [1.807, 2.05) is 47.1 Å². The smallest absolute Gasteiger partial charge is 0.276 e. The van der Waals surface area contributed by atoms with Crippen LogP contribution in [0.3, 0.4) is 0 Å². The topological polar surface area (TPSA) is 68.6 Å². The molecule has 3 aromatic rings. The summed E-state index contributed by atoms with van der Waals surface area (Å²) in [5.74, 6) is 0.810. The maximum Gasteiger partial charge on any atom is 0.276 e. The molecule has 4 rings (SSSR count). The van der Waals surface area contributed by atoms with Crippen LogP contribution in [0, 0.1) is 0 Å². The van der Waals surface area contributed by atoms with E-state index < -0.39 is 0 Å². The fourth-order valence-corrected chi connectivity index (χ4v) is 4.06. The van der Waals surface area contributed by atoms with Gasteiger partial charge in [0.2, 0.25) is 0 Å². The van der Waals surface area contributed by atoms with Crippen LogP contribution in [0.15, 0.2) is 42.5 Å². The van der Waals surface area contributed by atoms with Crippen molar-refractivity contribution in [3.63, 3.8) is 0 Å². The predicted octanol–water partition coefficient (Wildman–Crippen LogP) is 3.75. The number of carbonyl (C=O) groups is 1. The zero-order valence-corrected chi connectivity index (χ0v) is 18.4. The minimum atomic E-state index is -0.212. The van der Waals surface area contributed by atoms with Gasteiger partial charge in [-0.05, 0) is 23.6 Å². The molecule has 1 fully saturated rings. The monoisotopic (exact) mass is 422 g/mol. The SMILES string of the molecule is COc1cccc2c(C(=O)Nc3ccccc3C(C)C)nn(CCN3CCOCC3)c12. The summed E-state index contributed by atoms with van der Waals surface area (Å²) in [6.07, 6.45) is 0. The summed E-state index contributed by atoms with van der Waals surface area (Å²) in [5.41, 5.74) is 3.18. The molecule has 31 heavy (non-hydrogen) atoms. The Labute approximate surface area is 182 Å². The lowest BCUT2D eigenvalue weighted by Crippen LogP contribution is -2.38. The molecule has 0 atom stereocenters. The molecule has 0 spiro atoms. The zero-order valence-electron chi connectivity index (χ0n) is 18.4. The van der Waals surface area contributed by atoms with Gasteiger partial charge in [-0.2, -0.15) is 5.10 Å². The zero-order chi connectivity index (χ0) is 21.8. The standard InChI is InChI=1S/C24H30N4O3/c1-17(2)18-7-4-5-9-20(18)25-24(29)22-19-8-6-10-21(30-3)23(19)28(26-22)12-11-27-13-15-31-16-14-27/h4-10,17H,11-16H2,1-3H3,(H,25,29). The molecule has 0 bridgehead atoms. The molecule has 0 aliphatic carbocycles. The average Bonchev–Trinajstić information content (AvgIpc) is 3.17. The van der Waals surface area contributed by atoms with E-state index in [2.05, 4.69) is 24.1 Å². The predicted molar refractivity (Wildman–Crippen MR) is 122 cm³/mol. The summed E-state index contributed by atoms with van der Waals surface area (Å²) in [7, 11) is 1.65. The molecular weight excluding hydrogens is 392 g/mol. The highest BCUT2D eigenvalue weighted by Crippen LogP contribution is 2.30. The maximum atomic E-state index is 13.3. The minimum absolute atomic E-state index is 0.212. The van der Waals surface area contributed by atoms with Crippen LogP contribution in [0.5, 0.6) is 5.75 Å². The number of nitrogens with zero attached hydrogens (tertiary/aromatic N) is 3. The van der Waals surface area contributed by atoms with Crippen molar-refractivity contribution in [2.75, 3.05) is 45.3 Å². The number of benzene rings is 2. The first-order valence-electron chi connectivity index (χ1n) is 10.8. The number of anilines is 1. The molecule has 1 aliphatic rings. The number of carbonyl (C=O) groups excluding carboxylic acids is 1. The quantitative estimate of drug-likeness (QED) is 0.628. The van der Waals surface area contributed by atoms with Crippen molar-refractivity contribution >= 4 is 22.5 Å². The molecule has 0 saturated carbocycles. The third kappa shape index (κ3) is 4.57. The number of hydrogen-bond acceptors (Lipinski definition) is 5. The van der Waals surface area contributed by atoms with Crippen LogP contribution in [0.4, 0.5) is 5.69 Å². The highest BCUT2D eigenvalue weighted by Gasteiger charge is 2.21. The molecule has 1 aliphatic heterocycles. The van der Waals surface area contributed by atoms with Gasteiger partial charge in [0.1, 0.15) is 11.3 Å². The van der Waals surface area contributed by atoms with E-state index in [1.54, 1.807) is 7.11 Å². The van der Waals surface area contributed by atoms with E-state index in [1.165, 1.54) is 0 Å². The van der Waals surface area contributed by atoms with Gasteiger partial charge in [-0.3, -0.25) is 14.4 Å². The molecule has 7 heteroatoms. The van der Waals surface area contributed by atoms with E-state index in [0.717, 1.165) is 55.0 Å². The number of hydrogen-bond donors (Lipinski definition) is 1. The summed E-state index contributed by atoms with van der Waals surface area (Å²) in [6.45, 7) is 9.09. The summed E-state index contributed by atoms with van der Waals surface area (Å²) in [4.78, 5) is 15.6. The van der Waals surface area contributed by atoms with E-state index in [9.17, 15) is 4.79 Å². The van der Waals surface area contributed by atoms with Gasteiger partial charge in [0.25, 0.3) is 5.91 Å². The van der Waals surface area contributed by atoms with Crippen molar-refractivity contribution in [2.45, 2.75) is 26.3 Å². The molecule has 1 N–H and O–H groups in total. The molecule has 7 nitrogen and oxygen atoms in total. The Hall–Kier alpha value is -2.90. The lowest BCUT2D eigenvalue weighted by molar-refractivity contribution is 0.0361.